The topological polar surface area (TPSA) is 20.2 Å². The van der Waals surface area contributed by atoms with Gasteiger partial charge in [-0.3, -0.25) is 0 Å². The van der Waals surface area contributed by atoms with Crippen LogP contribution in [0.15, 0.2) is 0 Å². The lowest BCUT2D eigenvalue weighted by molar-refractivity contribution is -0.00214. The highest BCUT2D eigenvalue weighted by Crippen LogP contribution is 2.42. The van der Waals surface area contributed by atoms with Crippen LogP contribution in [0.1, 0.15) is 86.0 Å². The first-order chi connectivity index (χ1) is 8.30. The molecule has 0 heterocycles. The molecule has 0 aliphatic heterocycles. The van der Waals surface area contributed by atoms with Crippen molar-refractivity contribution in [1.82, 2.24) is 0 Å². The van der Waals surface area contributed by atoms with Crippen molar-refractivity contribution in [3.05, 3.63) is 0 Å². The smallest absolute Gasteiger partial charge is 0.0650 e. The number of aliphatic hydroxyl groups is 1. The van der Waals surface area contributed by atoms with Crippen molar-refractivity contribution in [2.24, 2.45) is 17.3 Å². The molecule has 0 saturated heterocycles. The number of hydrogen-bond acceptors (Lipinski definition) is 1. The fourth-order valence-electron chi connectivity index (χ4n) is 3.57. The Hall–Kier alpha value is -0.0400. The van der Waals surface area contributed by atoms with E-state index in [1.54, 1.807) is 0 Å². The second-order valence-electron chi connectivity index (χ2n) is 7.60. The van der Waals surface area contributed by atoms with Gasteiger partial charge in [-0.2, -0.15) is 0 Å². The molecule has 0 aromatic heterocycles. The molecular weight excluding hydrogens is 220 g/mol. The third kappa shape index (κ3) is 4.57. The quantitative estimate of drug-likeness (QED) is 0.686. The summed E-state index contributed by atoms with van der Waals surface area (Å²) >= 11 is 0. The lowest BCUT2D eigenvalue weighted by Crippen LogP contribution is -2.31. The Labute approximate surface area is 114 Å². The van der Waals surface area contributed by atoms with E-state index in [1.807, 2.05) is 0 Å². The summed E-state index contributed by atoms with van der Waals surface area (Å²) in [5, 5.41) is 10.9. The number of hydrogen-bond donors (Lipinski definition) is 1. The minimum absolute atomic E-state index is 0.364. The summed E-state index contributed by atoms with van der Waals surface area (Å²) in [6, 6.07) is 0. The molecule has 18 heavy (non-hydrogen) atoms. The van der Waals surface area contributed by atoms with E-state index in [-0.39, 0.29) is 5.60 Å². The Morgan fingerprint density at radius 2 is 1.72 bits per heavy atom. The molecule has 1 N–H and O–H groups in total. The largest absolute Gasteiger partial charge is 0.390 e. The summed E-state index contributed by atoms with van der Waals surface area (Å²) in [6.45, 7) is 11.6. The van der Waals surface area contributed by atoms with Gasteiger partial charge in [0.2, 0.25) is 0 Å². The van der Waals surface area contributed by atoms with Crippen molar-refractivity contribution in [2.45, 2.75) is 91.6 Å². The molecule has 1 nitrogen and oxygen atoms in total. The van der Waals surface area contributed by atoms with Gasteiger partial charge in [-0.05, 0) is 49.4 Å². The molecule has 1 saturated carbocycles. The normalized spacial score (nSPS) is 30.5. The fraction of sp³-hybridized carbons (Fsp3) is 1.00. The van der Waals surface area contributed by atoms with Gasteiger partial charge in [0.1, 0.15) is 0 Å². The van der Waals surface area contributed by atoms with E-state index in [2.05, 4.69) is 34.6 Å². The Kier molecular flexibility index (Phi) is 5.70. The maximum Gasteiger partial charge on any atom is 0.0650 e. The Morgan fingerprint density at radius 1 is 1.11 bits per heavy atom. The molecule has 1 aliphatic carbocycles. The van der Waals surface area contributed by atoms with E-state index in [9.17, 15) is 5.11 Å². The van der Waals surface area contributed by atoms with Gasteiger partial charge in [0.15, 0.2) is 0 Å². The van der Waals surface area contributed by atoms with E-state index in [0.717, 1.165) is 25.2 Å². The standard InChI is InChI=1S/C17H34O/c1-6-14(7-2)13-17(18)11-8-9-15(10-12-17)16(3,4)5/h14-15,18H,6-13H2,1-5H3. The molecule has 1 rings (SSSR count). The SMILES string of the molecule is CCC(CC)CC1(O)CCCC(C(C)(C)C)CC1. The monoisotopic (exact) mass is 254 g/mol. The minimum atomic E-state index is -0.364. The molecule has 0 aromatic carbocycles. The van der Waals surface area contributed by atoms with Crippen molar-refractivity contribution in [2.75, 3.05) is 0 Å². The molecule has 2 atom stereocenters. The van der Waals surface area contributed by atoms with E-state index in [0.29, 0.717) is 11.3 Å². The molecule has 0 amide bonds. The van der Waals surface area contributed by atoms with E-state index in [4.69, 9.17) is 0 Å². The van der Waals surface area contributed by atoms with Crippen molar-refractivity contribution >= 4 is 0 Å². The van der Waals surface area contributed by atoms with Crippen LogP contribution in [0, 0.1) is 17.3 Å². The van der Waals surface area contributed by atoms with Gasteiger partial charge in [0, 0.05) is 0 Å². The molecule has 0 radical (unpaired) electrons. The first-order valence-electron chi connectivity index (χ1n) is 8.03. The van der Waals surface area contributed by atoms with Gasteiger partial charge in [-0.1, -0.05) is 53.9 Å². The van der Waals surface area contributed by atoms with Gasteiger partial charge in [-0.25, -0.2) is 0 Å². The molecule has 0 bridgehead atoms. The van der Waals surface area contributed by atoms with Crippen LogP contribution in [0.4, 0.5) is 0 Å². The highest BCUT2D eigenvalue weighted by atomic mass is 16.3. The highest BCUT2D eigenvalue weighted by molar-refractivity contribution is 4.88. The molecule has 0 spiro atoms. The van der Waals surface area contributed by atoms with Crippen LogP contribution in [0.5, 0.6) is 0 Å². The van der Waals surface area contributed by atoms with E-state index < -0.39 is 0 Å². The van der Waals surface area contributed by atoms with Crippen molar-refractivity contribution in [3.8, 4) is 0 Å². The lowest BCUT2D eigenvalue weighted by atomic mass is 9.76. The molecule has 2 unspecified atom stereocenters. The minimum Gasteiger partial charge on any atom is -0.390 e. The zero-order valence-electron chi connectivity index (χ0n) is 13.3. The Balaban J connectivity index is 2.59. The summed E-state index contributed by atoms with van der Waals surface area (Å²) in [4.78, 5) is 0. The van der Waals surface area contributed by atoms with E-state index in [1.165, 1.54) is 32.1 Å². The van der Waals surface area contributed by atoms with Crippen LogP contribution in [-0.4, -0.2) is 10.7 Å². The summed E-state index contributed by atoms with van der Waals surface area (Å²) in [5.74, 6) is 1.49. The molecule has 1 heteroatoms. The highest BCUT2D eigenvalue weighted by Gasteiger charge is 2.35. The second kappa shape index (κ2) is 6.41. The fourth-order valence-corrected chi connectivity index (χ4v) is 3.57. The summed E-state index contributed by atoms with van der Waals surface area (Å²) in [6.07, 6.45) is 9.20. The maximum atomic E-state index is 10.9. The molecule has 1 fully saturated rings. The average molecular weight is 254 g/mol. The van der Waals surface area contributed by atoms with Crippen molar-refractivity contribution in [3.63, 3.8) is 0 Å². The average Bonchev–Trinajstić information content (AvgIpc) is 2.48. The van der Waals surface area contributed by atoms with Gasteiger partial charge in [0.05, 0.1) is 5.60 Å². The first kappa shape index (κ1) is 16.0. The van der Waals surface area contributed by atoms with Crippen LogP contribution < -0.4 is 0 Å². The zero-order chi connectivity index (χ0) is 13.8. The van der Waals surface area contributed by atoms with Gasteiger partial charge in [-0.15, -0.1) is 0 Å². The predicted molar refractivity (Wildman–Crippen MR) is 79.7 cm³/mol. The summed E-state index contributed by atoms with van der Waals surface area (Å²) in [5.41, 5.74) is 0.0385. The number of rotatable bonds is 4. The third-order valence-corrected chi connectivity index (χ3v) is 5.20. The van der Waals surface area contributed by atoms with Crippen LogP contribution >= 0.6 is 0 Å². The zero-order valence-corrected chi connectivity index (χ0v) is 13.3. The van der Waals surface area contributed by atoms with Crippen LogP contribution in [0.25, 0.3) is 0 Å². The summed E-state index contributed by atoms with van der Waals surface area (Å²) in [7, 11) is 0. The maximum absolute atomic E-state index is 10.9. The molecular formula is C17H34O. The van der Waals surface area contributed by atoms with Crippen LogP contribution in [0.2, 0.25) is 0 Å². The van der Waals surface area contributed by atoms with E-state index >= 15 is 0 Å². The lowest BCUT2D eigenvalue weighted by Gasteiger charge is -2.32. The van der Waals surface area contributed by atoms with Gasteiger partial charge < -0.3 is 5.11 Å². The predicted octanol–water partition coefficient (Wildman–Crippen LogP) is 5.17. The first-order valence-corrected chi connectivity index (χ1v) is 8.03. The second-order valence-corrected chi connectivity index (χ2v) is 7.60. The molecule has 0 aromatic rings. The third-order valence-electron chi connectivity index (χ3n) is 5.20. The summed E-state index contributed by atoms with van der Waals surface area (Å²) < 4.78 is 0. The molecule has 1 aliphatic rings. The van der Waals surface area contributed by atoms with Gasteiger partial charge in [0.25, 0.3) is 0 Å². The van der Waals surface area contributed by atoms with Crippen LogP contribution in [-0.2, 0) is 0 Å². The van der Waals surface area contributed by atoms with Crippen LogP contribution in [0.3, 0.4) is 0 Å². The Bertz CT molecular complexity index is 236. The van der Waals surface area contributed by atoms with Crippen molar-refractivity contribution < 1.29 is 5.11 Å². The Morgan fingerprint density at radius 3 is 2.22 bits per heavy atom. The van der Waals surface area contributed by atoms with Crippen molar-refractivity contribution in [1.29, 1.82) is 0 Å². The van der Waals surface area contributed by atoms with Gasteiger partial charge >= 0.3 is 0 Å². The molecule has 108 valence electrons.